The van der Waals surface area contributed by atoms with Crippen LogP contribution in [0.3, 0.4) is 0 Å². The van der Waals surface area contributed by atoms with Gasteiger partial charge in [-0.1, -0.05) is 48.9 Å². The minimum absolute atomic E-state index is 0.0218. The summed E-state index contributed by atoms with van der Waals surface area (Å²) in [6, 6.07) is 4.65. The van der Waals surface area contributed by atoms with Gasteiger partial charge in [-0.3, -0.25) is 9.59 Å². The summed E-state index contributed by atoms with van der Waals surface area (Å²) in [5.74, 6) is -1.57. The molecule has 2 aromatic carbocycles. The minimum Gasteiger partial charge on any atom is -0.507 e. The van der Waals surface area contributed by atoms with Crippen molar-refractivity contribution in [2.24, 2.45) is 0 Å². The van der Waals surface area contributed by atoms with E-state index in [9.17, 15) is 30.0 Å². The Bertz CT molecular complexity index is 851. The third-order valence-electron chi connectivity index (χ3n) is 4.79. The van der Waals surface area contributed by atoms with Crippen LogP contribution in [0, 0.1) is 0 Å². The molecule has 0 saturated heterocycles. The van der Waals surface area contributed by atoms with Crippen LogP contribution < -0.4 is 0 Å². The first-order chi connectivity index (χ1) is 14.2. The number of rotatable bonds is 11. The van der Waals surface area contributed by atoms with E-state index in [1.807, 2.05) is 0 Å². The fraction of sp³-hybridized carbons (Fsp3) is 0.364. The highest BCUT2D eigenvalue weighted by Crippen LogP contribution is 2.33. The lowest BCUT2D eigenvalue weighted by atomic mass is 10.0. The number of halogens is 2. The van der Waals surface area contributed by atoms with Crippen LogP contribution in [-0.4, -0.2) is 32.0 Å². The molecule has 162 valence electrons. The van der Waals surface area contributed by atoms with Crippen LogP contribution in [0.1, 0.15) is 72.1 Å². The van der Waals surface area contributed by atoms with Gasteiger partial charge < -0.3 is 20.4 Å². The second kappa shape index (κ2) is 11.1. The fourth-order valence-electron chi connectivity index (χ4n) is 3.10. The van der Waals surface area contributed by atoms with Gasteiger partial charge in [-0.2, -0.15) is 0 Å². The zero-order valence-corrected chi connectivity index (χ0v) is 17.8. The average molecular weight is 455 g/mol. The summed E-state index contributed by atoms with van der Waals surface area (Å²) < 4.78 is 0. The molecule has 6 nitrogen and oxygen atoms in total. The van der Waals surface area contributed by atoms with Gasteiger partial charge in [0.1, 0.15) is 23.0 Å². The number of carbonyl (C=O) groups is 2. The lowest BCUT2D eigenvalue weighted by Gasteiger charge is -2.07. The number of hydrogen-bond acceptors (Lipinski definition) is 6. The van der Waals surface area contributed by atoms with Crippen molar-refractivity contribution >= 4 is 34.8 Å². The van der Waals surface area contributed by atoms with E-state index in [0.29, 0.717) is 12.8 Å². The number of ketones is 2. The lowest BCUT2D eigenvalue weighted by molar-refractivity contribution is 0.0966. The SMILES string of the molecule is O=C(CCCCCCCCC(=O)c1cc(Cl)c(O)cc1O)c1cc(Cl)c(O)cc1O. The number of benzene rings is 2. The van der Waals surface area contributed by atoms with E-state index in [1.165, 1.54) is 12.1 Å². The average Bonchev–Trinajstić information content (AvgIpc) is 2.69. The monoisotopic (exact) mass is 454 g/mol. The van der Waals surface area contributed by atoms with E-state index in [-0.39, 0.29) is 68.6 Å². The molecule has 0 bridgehead atoms. The molecule has 0 aliphatic heterocycles. The van der Waals surface area contributed by atoms with Crippen molar-refractivity contribution < 1.29 is 30.0 Å². The molecule has 0 saturated carbocycles. The van der Waals surface area contributed by atoms with Crippen LogP contribution in [-0.2, 0) is 0 Å². The molecule has 0 fully saturated rings. The molecule has 2 rings (SSSR count). The Labute approximate surface area is 184 Å². The molecule has 0 unspecified atom stereocenters. The lowest BCUT2D eigenvalue weighted by Crippen LogP contribution is -2.00. The molecule has 0 heterocycles. The van der Waals surface area contributed by atoms with Crippen LogP contribution in [0.15, 0.2) is 24.3 Å². The maximum absolute atomic E-state index is 12.2. The van der Waals surface area contributed by atoms with Gasteiger partial charge in [0.2, 0.25) is 0 Å². The van der Waals surface area contributed by atoms with E-state index < -0.39 is 0 Å². The normalized spacial score (nSPS) is 10.9. The van der Waals surface area contributed by atoms with Crippen LogP contribution in [0.4, 0.5) is 0 Å². The molecule has 0 aromatic heterocycles. The maximum Gasteiger partial charge on any atom is 0.166 e. The number of Topliss-reactive ketones (excluding diaryl/α,β-unsaturated/α-hetero) is 2. The maximum atomic E-state index is 12.2. The largest absolute Gasteiger partial charge is 0.507 e. The Balaban J connectivity index is 1.63. The fourth-order valence-corrected chi connectivity index (χ4v) is 3.42. The first-order valence-corrected chi connectivity index (χ1v) is 10.5. The topological polar surface area (TPSA) is 115 Å². The predicted molar refractivity (Wildman–Crippen MR) is 115 cm³/mol. The Morgan fingerprint density at radius 2 is 0.900 bits per heavy atom. The highest BCUT2D eigenvalue weighted by atomic mass is 35.5. The Kier molecular flexibility index (Phi) is 8.81. The van der Waals surface area contributed by atoms with Gasteiger partial charge in [-0.15, -0.1) is 0 Å². The Hall–Kier alpha value is -2.44. The van der Waals surface area contributed by atoms with E-state index in [1.54, 1.807) is 0 Å². The third kappa shape index (κ3) is 6.54. The van der Waals surface area contributed by atoms with Gasteiger partial charge in [-0.25, -0.2) is 0 Å². The van der Waals surface area contributed by atoms with Gasteiger partial charge in [0.05, 0.1) is 21.2 Å². The molecule has 4 N–H and O–H groups in total. The van der Waals surface area contributed by atoms with Gasteiger partial charge >= 0.3 is 0 Å². The summed E-state index contributed by atoms with van der Waals surface area (Å²) in [7, 11) is 0. The first-order valence-electron chi connectivity index (χ1n) is 9.70. The molecule has 0 amide bonds. The van der Waals surface area contributed by atoms with E-state index in [2.05, 4.69) is 0 Å². The van der Waals surface area contributed by atoms with Crippen LogP contribution in [0.5, 0.6) is 23.0 Å². The third-order valence-corrected chi connectivity index (χ3v) is 5.39. The van der Waals surface area contributed by atoms with Crippen LogP contribution >= 0.6 is 23.2 Å². The van der Waals surface area contributed by atoms with Crippen molar-refractivity contribution in [3.05, 3.63) is 45.4 Å². The highest BCUT2D eigenvalue weighted by Gasteiger charge is 2.15. The van der Waals surface area contributed by atoms with Crippen molar-refractivity contribution in [1.29, 1.82) is 0 Å². The summed E-state index contributed by atoms with van der Waals surface area (Å²) in [4.78, 5) is 24.3. The summed E-state index contributed by atoms with van der Waals surface area (Å²) in [5.41, 5.74) is 0.211. The Morgan fingerprint density at radius 3 is 1.27 bits per heavy atom. The summed E-state index contributed by atoms with van der Waals surface area (Å²) in [6.07, 6.45) is 5.34. The van der Waals surface area contributed by atoms with E-state index in [0.717, 1.165) is 37.8 Å². The number of aromatic hydroxyl groups is 4. The summed E-state index contributed by atoms with van der Waals surface area (Å²) >= 11 is 11.6. The molecule has 0 radical (unpaired) electrons. The van der Waals surface area contributed by atoms with Crippen LogP contribution in [0.2, 0.25) is 10.0 Å². The van der Waals surface area contributed by atoms with Crippen LogP contribution in [0.25, 0.3) is 0 Å². The molecule has 0 spiro atoms. The molecule has 2 aromatic rings. The number of unbranched alkanes of at least 4 members (excludes halogenated alkanes) is 5. The molecular formula is C22H24Cl2O6. The highest BCUT2D eigenvalue weighted by molar-refractivity contribution is 6.32. The summed E-state index contributed by atoms with van der Waals surface area (Å²) in [5, 5.41) is 38.4. The molecule has 30 heavy (non-hydrogen) atoms. The molecule has 0 atom stereocenters. The van der Waals surface area contributed by atoms with Crippen molar-refractivity contribution in [2.75, 3.05) is 0 Å². The first kappa shape index (κ1) is 23.8. The number of carbonyl (C=O) groups excluding carboxylic acids is 2. The quantitative estimate of drug-likeness (QED) is 0.244. The smallest absolute Gasteiger partial charge is 0.166 e. The summed E-state index contributed by atoms with van der Waals surface area (Å²) in [6.45, 7) is 0. The second-order valence-electron chi connectivity index (χ2n) is 7.11. The van der Waals surface area contributed by atoms with Crippen molar-refractivity contribution in [2.45, 2.75) is 51.4 Å². The number of phenolic OH excluding ortho intramolecular Hbond substituents is 4. The second-order valence-corrected chi connectivity index (χ2v) is 7.92. The van der Waals surface area contributed by atoms with Gasteiger partial charge in [0.25, 0.3) is 0 Å². The van der Waals surface area contributed by atoms with E-state index >= 15 is 0 Å². The van der Waals surface area contributed by atoms with Crippen molar-refractivity contribution in [3.63, 3.8) is 0 Å². The van der Waals surface area contributed by atoms with Gasteiger partial charge in [0, 0.05) is 25.0 Å². The zero-order valence-electron chi connectivity index (χ0n) is 16.3. The zero-order chi connectivity index (χ0) is 22.3. The standard InChI is InChI=1S/C22H24Cl2O6/c23-15-9-13(19(27)11-21(15)29)17(25)7-5-3-1-2-4-6-8-18(26)14-10-16(24)22(30)12-20(14)28/h9-12,27-30H,1-8H2. The molecule has 0 aliphatic rings. The predicted octanol–water partition coefficient (Wildman–Crippen LogP) is 6.00. The van der Waals surface area contributed by atoms with Gasteiger partial charge in [-0.05, 0) is 25.0 Å². The van der Waals surface area contributed by atoms with Gasteiger partial charge in [0.15, 0.2) is 11.6 Å². The minimum atomic E-state index is -0.285. The number of phenols is 4. The van der Waals surface area contributed by atoms with Crippen molar-refractivity contribution in [1.82, 2.24) is 0 Å². The van der Waals surface area contributed by atoms with Crippen molar-refractivity contribution in [3.8, 4) is 23.0 Å². The molecule has 0 aliphatic carbocycles. The number of hydrogen-bond donors (Lipinski definition) is 4. The van der Waals surface area contributed by atoms with E-state index in [4.69, 9.17) is 23.2 Å². The molecular weight excluding hydrogens is 431 g/mol. The molecule has 8 heteroatoms. The Morgan fingerprint density at radius 1 is 0.567 bits per heavy atom.